The third-order valence-corrected chi connectivity index (χ3v) is 6.00. The van der Waals surface area contributed by atoms with Crippen molar-refractivity contribution in [1.29, 1.82) is 0 Å². The van der Waals surface area contributed by atoms with Crippen LogP contribution in [0.5, 0.6) is 0 Å². The van der Waals surface area contributed by atoms with Crippen LogP contribution in [-0.4, -0.2) is 56.0 Å². The molecular formula is C24H31N5O2. The third-order valence-electron chi connectivity index (χ3n) is 6.00. The zero-order valence-electron chi connectivity index (χ0n) is 18.3. The summed E-state index contributed by atoms with van der Waals surface area (Å²) in [7, 11) is 0. The first-order valence-electron chi connectivity index (χ1n) is 11.0. The molecule has 0 aromatic heterocycles. The van der Waals surface area contributed by atoms with Crippen molar-refractivity contribution in [1.82, 2.24) is 4.90 Å². The number of nitrogens with zero attached hydrogens (tertiary/aromatic N) is 4. The van der Waals surface area contributed by atoms with Gasteiger partial charge >= 0.3 is 0 Å². The molecule has 2 heterocycles. The SMILES string of the molecule is CCN(CC)c1ccc(CC2C(=O)N(c3ccc(N)cc3)N=C2N2CCOCC2)cc1. The van der Waals surface area contributed by atoms with Crippen molar-refractivity contribution >= 4 is 28.8 Å². The monoisotopic (exact) mass is 421 g/mol. The molecule has 2 aliphatic heterocycles. The van der Waals surface area contributed by atoms with Gasteiger partial charge in [-0.25, -0.2) is 0 Å². The summed E-state index contributed by atoms with van der Waals surface area (Å²) < 4.78 is 5.51. The minimum Gasteiger partial charge on any atom is -0.399 e. The third kappa shape index (κ3) is 4.51. The summed E-state index contributed by atoms with van der Waals surface area (Å²) in [6.45, 7) is 9.07. The van der Waals surface area contributed by atoms with Crippen molar-refractivity contribution in [2.45, 2.75) is 20.3 Å². The van der Waals surface area contributed by atoms with E-state index in [2.05, 4.69) is 47.9 Å². The van der Waals surface area contributed by atoms with E-state index in [1.54, 1.807) is 12.1 Å². The van der Waals surface area contributed by atoms with Gasteiger partial charge in [0.2, 0.25) is 0 Å². The molecule has 0 spiro atoms. The lowest BCUT2D eigenvalue weighted by Gasteiger charge is -2.30. The molecule has 1 unspecified atom stereocenters. The van der Waals surface area contributed by atoms with Gasteiger partial charge in [-0.3, -0.25) is 4.79 Å². The molecule has 0 radical (unpaired) electrons. The number of rotatable bonds is 6. The number of nitrogen functional groups attached to an aromatic ring is 1. The number of amides is 1. The zero-order chi connectivity index (χ0) is 21.8. The van der Waals surface area contributed by atoms with E-state index in [0.29, 0.717) is 25.3 Å². The van der Waals surface area contributed by atoms with Gasteiger partial charge in [-0.1, -0.05) is 12.1 Å². The molecule has 1 fully saturated rings. The molecule has 7 heteroatoms. The van der Waals surface area contributed by atoms with Gasteiger partial charge in [0.15, 0.2) is 0 Å². The average Bonchev–Trinajstić information content (AvgIpc) is 3.13. The quantitative estimate of drug-likeness (QED) is 0.726. The van der Waals surface area contributed by atoms with Crippen LogP contribution in [0, 0.1) is 5.92 Å². The van der Waals surface area contributed by atoms with Crippen LogP contribution >= 0.6 is 0 Å². The van der Waals surface area contributed by atoms with Gasteiger partial charge in [0, 0.05) is 37.6 Å². The van der Waals surface area contributed by atoms with Crippen LogP contribution in [-0.2, 0) is 16.0 Å². The lowest BCUT2D eigenvalue weighted by atomic mass is 9.96. The molecule has 0 aliphatic carbocycles. The highest BCUT2D eigenvalue weighted by Crippen LogP contribution is 2.29. The predicted molar refractivity (Wildman–Crippen MR) is 125 cm³/mol. The number of hydrogen-bond donors (Lipinski definition) is 1. The fourth-order valence-electron chi connectivity index (χ4n) is 4.20. The Hall–Kier alpha value is -3.06. The summed E-state index contributed by atoms with van der Waals surface area (Å²) in [6, 6.07) is 15.8. The molecule has 2 aromatic rings. The van der Waals surface area contributed by atoms with E-state index in [0.717, 1.165) is 43.3 Å². The number of carbonyl (C=O) groups is 1. The van der Waals surface area contributed by atoms with Gasteiger partial charge in [0.1, 0.15) is 11.8 Å². The number of hydrogen-bond acceptors (Lipinski definition) is 6. The van der Waals surface area contributed by atoms with E-state index in [-0.39, 0.29) is 11.8 Å². The maximum absolute atomic E-state index is 13.4. The minimum absolute atomic E-state index is 0.000849. The Morgan fingerprint density at radius 3 is 2.29 bits per heavy atom. The summed E-state index contributed by atoms with van der Waals surface area (Å²) >= 11 is 0. The van der Waals surface area contributed by atoms with Crippen LogP contribution < -0.4 is 15.6 Å². The number of morpholine rings is 1. The lowest BCUT2D eigenvalue weighted by molar-refractivity contribution is -0.119. The van der Waals surface area contributed by atoms with Crippen LogP contribution in [0.2, 0.25) is 0 Å². The van der Waals surface area contributed by atoms with Crippen LogP contribution in [0.1, 0.15) is 19.4 Å². The smallest absolute Gasteiger partial charge is 0.258 e. The zero-order valence-corrected chi connectivity index (χ0v) is 18.3. The molecule has 2 N–H and O–H groups in total. The highest BCUT2D eigenvalue weighted by Gasteiger charge is 2.39. The fourth-order valence-corrected chi connectivity index (χ4v) is 4.20. The highest BCUT2D eigenvalue weighted by molar-refractivity contribution is 6.15. The minimum atomic E-state index is -0.310. The molecule has 2 aromatic carbocycles. The Balaban J connectivity index is 1.59. The van der Waals surface area contributed by atoms with Gasteiger partial charge < -0.3 is 20.3 Å². The van der Waals surface area contributed by atoms with Crippen molar-refractivity contribution in [3.05, 3.63) is 54.1 Å². The average molecular weight is 422 g/mol. The fraction of sp³-hybridized carbons (Fsp3) is 0.417. The summed E-state index contributed by atoms with van der Waals surface area (Å²) in [6.07, 6.45) is 0.624. The van der Waals surface area contributed by atoms with Gasteiger partial charge in [-0.05, 0) is 62.2 Å². The molecule has 164 valence electrons. The number of benzene rings is 2. The van der Waals surface area contributed by atoms with Gasteiger partial charge in [0.25, 0.3) is 5.91 Å². The van der Waals surface area contributed by atoms with E-state index in [1.165, 1.54) is 10.7 Å². The Morgan fingerprint density at radius 1 is 1.03 bits per heavy atom. The van der Waals surface area contributed by atoms with Crippen LogP contribution in [0.25, 0.3) is 0 Å². The molecule has 0 bridgehead atoms. The van der Waals surface area contributed by atoms with Crippen molar-refractivity contribution in [2.24, 2.45) is 11.0 Å². The number of nitrogens with two attached hydrogens (primary N) is 1. The first-order chi connectivity index (χ1) is 15.1. The Kier molecular flexibility index (Phi) is 6.42. The maximum atomic E-state index is 13.4. The summed E-state index contributed by atoms with van der Waals surface area (Å²) in [5, 5.41) is 6.29. The van der Waals surface area contributed by atoms with E-state index < -0.39 is 0 Å². The van der Waals surface area contributed by atoms with E-state index in [9.17, 15) is 4.79 Å². The second-order valence-electron chi connectivity index (χ2n) is 7.89. The van der Waals surface area contributed by atoms with Crippen LogP contribution in [0.15, 0.2) is 53.6 Å². The van der Waals surface area contributed by atoms with E-state index in [4.69, 9.17) is 15.6 Å². The number of hydrazone groups is 1. The first-order valence-corrected chi connectivity index (χ1v) is 11.0. The number of carbonyl (C=O) groups excluding carboxylic acids is 1. The highest BCUT2D eigenvalue weighted by atomic mass is 16.5. The molecule has 1 atom stereocenters. The second-order valence-corrected chi connectivity index (χ2v) is 7.89. The molecule has 2 aliphatic rings. The summed E-state index contributed by atoms with van der Waals surface area (Å²) in [5.74, 6) is 0.520. The molecule has 1 amide bonds. The lowest BCUT2D eigenvalue weighted by Crippen LogP contribution is -2.44. The second kappa shape index (κ2) is 9.39. The summed E-state index contributed by atoms with van der Waals surface area (Å²) in [5.41, 5.74) is 9.57. The maximum Gasteiger partial charge on any atom is 0.258 e. The molecule has 1 saturated heterocycles. The topological polar surface area (TPSA) is 74.4 Å². The number of anilines is 3. The van der Waals surface area contributed by atoms with E-state index >= 15 is 0 Å². The Morgan fingerprint density at radius 2 is 1.68 bits per heavy atom. The van der Waals surface area contributed by atoms with E-state index in [1.807, 2.05) is 12.1 Å². The van der Waals surface area contributed by atoms with Crippen LogP contribution in [0.4, 0.5) is 17.1 Å². The van der Waals surface area contributed by atoms with Crippen LogP contribution in [0.3, 0.4) is 0 Å². The standard InChI is InChI=1S/C24H31N5O2/c1-3-27(4-2)20-9-5-18(6-10-20)17-22-23(28-13-15-31-16-14-28)26-29(24(22)30)21-11-7-19(25)8-12-21/h5-12,22H,3-4,13-17,25H2,1-2H3. The number of amidine groups is 1. The van der Waals surface area contributed by atoms with Gasteiger partial charge in [0.05, 0.1) is 18.9 Å². The molecule has 7 nitrogen and oxygen atoms in total. The Bertz CT molecular complexity index is 916. The van der Waals surface area contributed by atoms with Crippen molar-refractivity contribution in [3.63, 3.8) is 0 Å². The normalized spacial score (nSPS) is 19.0. The van der Waals surface area contributed by atoms with Crippen molar-refractivity contribution < 1.29 is 9.53 Å². The molecule has 0 saturated carbocycles. The largest absolute Gasteiger partial charge is 0.399 e. The first kappa shape index (κ1) is 21.2. The molecular weight excluding hydrogens is 390 g/mol. The van der Waals surface area contributed by atoms with Crippen molar-refractivity contribution in [2.75, 3.05) is 55.0 Å². The van der Waals surface area contributed by atoms with Gasteiger partial charge in [-0.2, -0.15) is 10.1 Å². The summed E-state index contributed by atoms with van der Waals surface area (Å²) in [4.78, 5) is 17.9. The molecule has 4 rings (SSSR count). The Labute approximate surface area is 184 Å². The van der Waals surface area contributed by atoms with Gasteiger partial charge in [-0.15, -0.1) is 0 Å². The molecule has 31 heavy (non-hydrogen) atoms. The number of ether oxygens (including phenoxy) is 1. The predicted octanol–water partition coefficient (Wildman–Crippen LogP) is 2.97. The van der Waals surface area contributed by atoms with Crippen molar-refractivity contribution in [3.8, 4) is 0 Å².